The molecule has 0 spiro atoms. The number of thioether (sulfide) groups is 1. The molecule has 122 valence electrons. The fraction of sp³-hybridized carbons (Fsp3) is 0.278. The molecule has 0 saturated heterocycles. The summed E-state index contributed by atoms with van der Waals surface area (Å²) in [5.41, 5.74) is 1.67. The molecule has 0 bridgehead atoms. The number of ether oxygens (including phenoxy) is 1. The first-order chi connectivity index (χ1) is 11.0. The van der Waals surface area contributed by atoms with Crippen LogP contribution in [0.15, 0.2) is 47.4 Å². The van der Waals surface area contributed by atoms with E-state index in [4.69, 9.17) is 16.3 Å². The van der Waals surface area contributed by atoms with E-state index in [2.05, 4.69) is 0 Å². The van der Waals surface area contributed by atoms with E-state index in [1.54, 1.807) is 29.8 Å². The maximum absolute atomic E-state index is 12.5. The third-order valence-corrected chi connectivity index (χ3v) is 4.49. The number of carbonyl (C=O) groups is 1. The molecule has 0 aromatic heterocycles. The second-order valence-electron chi connectivity index (χ2n) is 5.24. The molecule has 2 aromatic carbocycles. The molecular formula is C18H20ClNO2S. The van der Waals surface area contributed by atoms with E-state index >= 15 is 0 Å². The molecule has 23 heavy (non-hydrogen) atoms. The number of hydrogen-bond donors (Lipinski definition) is 0. The van der Waals surface area contributed by atoms with Crippen LogP contribution in [0, 0.1) is 6.92 Å². The van der Waals surface area contributed by atoms with Crippen molar-refractivity contribution < 1.29 is 9.53 Å². The van der Waals surface area contributed by atoms with Crippen molar-refractivity contribution in [3.05, 3.63) is 58.6 Å². The van der Waals surface area contributed by atoms with Crippen molar-refractivity contribution in [3.63, 3.8) is 0 Å². The Balaban J connectivity index is 1.95. The maximum Gasteiger partial charge on any atom is 0.255 e. The number of likely N-dealkylation sites (N-methyl/N-ethyl adjacent to an activating group) is 1. The lowest BCUT2D eigenvalue weighted by atomic mass is 10.2. The summed E-state index contributed by atoms with van der Waals surface area (Å²) in [6, 6.07) is 13.3. The van der Waals surface area contributed by atoms with Gasteiger partial charge in [0, 0.05) is 11.9 Å². The third kappa shape index (κ3) is 4.91. The lowest BCUT2D eigenvalue weighted by Gasteiger charge is -2.18. The van der Waals surface area contributed by atoms with Crippen molar-refractivity contribution in [3.8, 4) is 5.75 Å². The average Bonchev–Trinajstić information content (AvgIpc) is 2.54. The van der Waals surface area contributed by atoms with Crippen molar-refractivity contribution in [2.75, 3.05) is 26.5 Å². The minimum Gasteiger partial charge on any atom is -0.492 e. The summed E-state index contributed by atoms with van der Waals surface area (Å²) in [4.78, 5) is 15.1. The Labute approximate surface area is 146 Å². The zero-order valence-corrected chi connectivity index (χ0v) is 15.1. The molecule has 2 aromatic rings. The van der Waals surface area contributed by atoms with Crippen LogP contribution >= 0.6 is 23.4 Å². The van der Waals surface area contributed by atoms with E-state index in [1.807, 2.05) is 49.6 Å². The molecule has 0 heterocycles. The van der Waals surface area contributed by atoms with Crippen LogP contribution in [0.4, 0.5) is 0 Å². The molecular weight excluding hydrogens is 330 g/mol. The highest BCUT2D eigenvalue weighted by atomic mass is 35.5. The molecule has 2 rings (SSSR count). The Kier molecular flexibility index (Phi) is 6.37. The Morgan fingerprint density at radius 3 is 2.74 bits per heavy atom. The lowest BCUT2D eigenvalue weighted by molar-refractivity contribution is 0.0773. The highest BCUT2D eigenvalue weighted by Gasteiger charge is 2.15. The molecule has 0 atom stereocenters. The van der Waals surface area contributed by atoms with Gasteiger partial charge in [-0.05, 0) is 49.1 Å². The summed E-state index contributed by atoms with van der Waals surface area (Å²) in [5, 5.41) is 0.472. The molecule has 0 aliphatic carbocycles. The third-order valence-electron chi connectivity index (χ3n) is 3.44. The van der Waals surface area contributed by atoms with Crippen molar-refractivity contribution in [2.24, 2.45) is 0 Å². The highest BCUT2D eigenvalue weighted by molar-refractivity contribution is 7.98. The van der Waals surface area contributed by atoms with Gasteiger partial charge in [-0.15, -0.1) is 11.8 Å². The van der Waals surface area contributed by atoms with Crippen LogP contribution < -0.4 is 4.74 Å². The molecule has 0 aliphatic rings. The van der Waals surface area contributed by atoms with Gasteiger partial charge in [-0.2, -0.15) is 0 Å². The van der Waals surface area contributed by atoms with E-state index in [0.717, 1.165) is 16.2 Å². The number of amides is 1. The normalized spacial score (nSPS) is 10.4. The van der Waals surface area contributed by atoms with Crippen molar-refractivity contribution >= 4 is 29.3 Å². The van der Waals surface area contributed by atoms with Gasteiger partial charge >= 0.3 is 0 Å². The van der Waals surface area contributed by atoms with Gasteiger partial charge < -0.3 is 9.64 Å². The Morgan fingerprint density at radius 2 is 2.04 bits per heavy atom. The quantitative estimate of drug-likeness (QED) is 0.718. The number of benzene rings is 2. The summed E-state index contributed by atoms with van der Waals surface area (Å²) in [6.07, 6.45) is 1.97. The van der Waals surface area contributed by atoms with Gasteiger partial charge in [0.1, 0.15) is 12.4 Å². The molecule has 0 fully saturated rings. The van der Waals surface area contributed by atoms with E-state index in [9.17, 15) is 4.79 Å². The summed E-state index contributed by atoms with van der Waals surface area (Å²) < 4.78 is 5.69. The summed E-state index contributed by atoms with van der Waals surface area (Å²) in [7, 11) is 1.75. The van der Waals surface area contributed by atoms with E-state index in [1.165, 1.54) is 0 Å². The number of halogens is 1. The van der Waals surface area contributed by atoms with Crippen LogP contribution in [0.3, 0.4) is 0 Å². The smallest absolute Gasteiger partial charge is 0.255 e. The topological polar surface area (TPSA) is 29.5 Å². The van der Waals surface area contributed by atoms with Crippen LogP contribution in [0.1, 0.15) is 15.9 Å². The predicted molar refractivity (Wildman–Crippen MR) is 96.9 cm³/mol. The molecule has 0 saturated carbocycles. The standard InChI is InChI=1S/C18H20ClNO2S/c1-13-5-4-6-14(11-13)22-10-9-20(2)18(21)16-12-15(23-3)7-8-17(16)19/h4-8,11-12H,9-10H2,1-3H3. The second-order valence-corrected chi connectivity index (χ2v) is 6.52. The monoisotopic (exact) mass is 349 g/mol. The van der Waals surface area contributed by atoms with E-state index < -0.39 is 0 Å². The highest BCUT2D eigenvalue weighted by Crippen LogP contribution is 2.24. The first-order valence-corrected chi connectivity index (χ1v) is 8.90. The van der Waals surface area contributed by atoms with Crippen LogP contribution in [-0.2, 0) is 0 Å². The number of nitrogens with zero attached hydrogens (tertiary/aromatic N) is 1. The van der Waals surface area contributed by atoms with Crippen molar-refractivity contribution in [1.82, 2.24) is 4.90 Å². The van der Waals surface area contributed by atoms with Crippen LogP contribution in [0.25, 0.3) is 0 Å². The Bertz CT molecular complexity index is 690. The van der Waals surface area contributed by atoms with Gasteiger partial charge in [-0.1, -0.05) is 23.7 Å². The molecule has 3 nitrogen and oxygen atoms in total. The molecule has 0 aliphatic heterocycles. The average molecular weight is 350 g/mol. The number of rotatable bonds is 6. The number of hydrogen-bond acceptors (Lipinski definition) is 3. The lowest BCUT2D eigenvalue weighted by Crippen LogP contribution is -2.31. The molecule has 0 unspecified atom stereocenters. The number of aryl methyl sites for hydroxylation is 1. The zero-order valence-electron chi connectivity index (χ0n) is 13.5. The summed E-state index contributed by atoms with van der Waals surface area (Å²) >= 11 is 7.73. The minimum absolute atomic E-state index is 0.0984. The fourth-order valence-electron chi connectivity index (χ4n) is 2.11. The van der Waals surface area contributed by atoms with E-state index in [-0.39, 0.29) is 5.91 Å². The van der Waals surface area contributed by atoms with Gasteiger partial charge in [-0.25, -0.2) is 0 Å². The van der Waals surface area contributed by atoms with E-state index in [0.29, 0.717) is 23.7 Å². The number of carbonyl (C=O) groups excluding carboxylic acids is 1. The SMILES string of the molecule is CSc1ccc(Cl)c(C(=O)N(C)CCOc2cccc(C)c2)c1. The summed E-state index contributed by atoms with van der Waals surface area (Å²) in [6.45, 7) is 2.95. The van der Waals surface area contributed by atoms with Crippen LogP contribution in [0.2, 0.25) is 5.02 Å². The van der Waals surface area contributed by atoms with Gasteiger partial charge in [0.2, 0.25) is 0 Å². The minimum atomic E-state index is -0.0984. The van der Waals surface area contributed by atoms with Gasteiger partial charge in [0.15, 0.2) is 0 Å². The van der Waals surface area contributed by atoms with Gasteiger partial charge in [-0.3, -0.25) is 4.79 Å². The first-order valence-electron chi connectivity index (χ1n) is 7.29. The Morgan fingerprint density at radius 1 is 1.26 bits per heavy atom. The molecule has 1 amide bonds. The maximum atomic E-state index is 12.5. The van der Waals surface area contributed by atoms with Crippen LogP contribution in [-0.4, -0.2) is 37.3 Å². The van der Waals surface area contributed by atoms with Gasteiger partial charge in [0.25, 0.3) is 5.91 Å². The second kappa shape index (κ2) is 8.27. The fourth-order valence-corrected chi connectivity index (χ4v) is 2.75. The predicted octanol–water partition coefficient (Wildman–Crippen LogP) is 4.52. The zero-order chi connectivity index (χ0) is 16.8. The van der Waals surface area contributed by atoms with Crippen molar-refractivity contribution in [1.29, 1.82) is 0 Å². The molecule has 0 radical (unpaired) electrons. The molecule has 0 N–H and O–H groups in total. The van der Waals surface area contributed by atoms with Crippen LogP contribution in [0.5, 0.6) is 5.75 Å². The molecule has 5 heteroatoms. The first kappa shape index (κ1) is 17.7. The van der Waals surface area contributed by atoms with Gasteiger partial charge in [0.05, 0.1) is 17.1 Å². The van der Waals surface area contributed by atoms with Crippen molar-refractivity contribution in [2.45, 2.75) is 11.8 Å². The summed E-state index contributed by atoms with van der Waals surface area (Å²) in [5.74, 6) is 0.715. The Hall–Kier alpha value is -1.65. The largest absolute Gasteiger partial charge is 0.492 e.